The molecule has 1 heterocycles. The molecule has 0 aliphatic rings. The highest BCUT2D eigenvalue weighted by Gasteiger charge is 2.09. The van der Waals surface area contributed by atoms with Crippen molar-refractivity contribution in [2.75, 3.05) is 19.6 Å². The lowest BCUT2D eigenvalue weighted by atomic mass is 10.0. The molecule has 1 aromatic rings. The third-order valence-electron chi connectivity index (χ3n) is 3.97. The van der Waals surface area contributed by atoms with E-state index in [1.165, 1.54) is 50.3 Å². The summed E-state index contributed by atoms with van der Waals surface area (Å²) in [5.74, 6) is 1.40. The van der Waals surface area contributed by atoms with E-state index in [4.69, 9.17) is 11.6 Å². The van der Waals surface area contributed by atoms with Gasteiger partial charge in [-0.05, 0) is 38.3 Å². The van der Waals surface area contributed by atoms with Gasteiger partial charge in [-0.25, -0.2) is 4.98 Å². The maximum absolute atomic E-state index is 5.78. The van der Waals surface area contributed by atoms with Gasteiger partial charge in [0.15, 0.2) is 0 Å². The van der Waals surface area contributed by atoms with E-state index in [2.05, 4.69) is 36.0 Å². The zero-order valence-corrected chi connectivity index (χ0v) is 14.8. The van der Waals surface area contributed by atoms with Crippen LogP contribution in [0.5, 0.6) is 0 Å². The molecule has 0 aromatic carbocycles. The summed E-state index contributed by atoms with van der Waals surface area (Å²) in [4.78, 5) is 7.11. The van der Waals surface area contributed by atoms with Crippen LogP contribution in [0.4, 0.5) is 0 Å². The van der Waals surface area contributed by atoms with Crippen molar-refractivity contribution in [1.82, 2.24) is 9.88 Å². The molecule has 0 atom stereocenters. The van der Waals surface area contributed by atoms with Crippen LogP contribution in [0.2, 0.25) is 0 Å². The number of thiazole rings is 1. The molecule has 2 nitrogen and oxygen atoms in total. The average molecular weight is 317 g/mol. The minimum atomic E-state index is 0.537. The second-order valence-electron chi connectivity index (χ2n) is 5.40. The van der Waals surface area contributed by atoms with Crippen LogP contribution in [-0.2, 0) is 12.3 Å². The minimum absolute atomic E-state index is 0.537. The van der Waals surface area contributed by atoms with E-state index in [0.29, 0.717) is 5.88 Å². The molecule has 1 aromatic heterocycles. The van der Waals surface area contributed by atoms with E-state index >= 15 is 0 Å². The van der Waals surface area contributed by atoms with Crippen LogP contribution in [0.3, 0.4) is 0 Å². The molecule has 4 heteroatoms. The van der Waals surface area contributed by atoms with Crippen molar-refractivity contribution in [3.05, 3.63) is 16.1 Å². The Balaban J connectivity index is 2.20. The highest BCUT2D eigenvalue weighted by Crippen LogP contribution is 2.15. The first-order valence-electron chi connectivity index (χ1n) is 7.94. The third-order valence-corrected chi connectivity index (χ3v) is 5.20. The van der Waals surface area contributed by atoms with Gasteiger partial charge in [0.05, 0.1) is 16.6 Å². The Morgan fingerprint density at radius 1 is 1.25 bits per heavy atom. The Hall–Kier alpha value is -0.120. The van der Waals surface area contributed by atoms with Crippen molar-refractivity contribution >= 4 is 22.9 Å². The standard InChI is InChI=1S/C16H29ClN2S/c1-4-14(5-2)12-19(6-3)10-8-7-9-16-18-15(11-17)13-20-16/h13-14H,4-12H2,1-3H3. The van der Waals surface area contributed by atoms with Gasteiger partial charge in [0.2, 0.25) is 0 Å². The monoisotopic (exact) mass is 316 g/mol. The summed E-state index contributed by atoms with van der Waals surface area (Å²) in [7, 11) is 0. The van der Waals surface area contributed by atoms with E-state index in [-0.39, 0.29) is 0 Å². The fourth-order valence-electron chi connectivity index (χ4n) is 2.43. The molecule has 0 unspecified atom stereocenters. The van der Waals surface area contributed by atoms with Gasteiger partial charge in [0.25, 0.3) is 0 Å². The molecule has 0 aliphatic carbocycles. The maximum atomic E-state index is 5.78. The summed E-state index contributed by atoms with van der Waals surface area (Å²) in [5, 5.41) is 3.32. The number of aromatic nitrogens is 1. The fraction of sp³-hybridized carbons (Fsp3) is 0.812. The number of aryl methyl sites for hydroxylation is 1. The molecular weight excluding hydrogens is 288 g/mol. The van der Waals surface area contributed by atoms with E-state index < -0.39 is 0 Å². The molecule has 0 aliphatic heterocycles. The Morgan fingerprint density at radius 2 is 2.00 bits per heavy atom. The highest BCUT2D eigenvalue weighted by molar-refractivity contribution is 7.09. The largest absolute Gasteiger partial charge is 0.303 e. The Labute approximate surface area is 133 Å². The molecule has 0 spiro atoms. The van der Waals surface area contributed by atoms with E-state index in [1.54, 1.807) is 11.3 Å². The zero-order chi connectivity index (χ0) is 14.8. The second kappa shape index (κ2) is 10.6. The number of hydrogen-bond donors (Lipinski definition) is 0. The van der Waals surface area contributed by atoms with E-state index in [9.17, 15) is 0 Å². The van der Waals surface area contributed by atoms with E-state index in [1.807, 2.05) is 0 Å². The van der Waals surface area contributed by atoms with Gasteiger partial charge in [-0.3, -0.25) is 0 Å². The van der Waals surface area contributed by atoms with Gasteiger partial charge < -0.3 is 4.90 Å². The summed E-state index contributed by atoms with van der Waals surface area (Å²) in [5.41, 5.74) is 1.02. The van der Waals surface area contributed by atoms with Crippen LogP contribution < -0.4 is 0 Å². The number of alkyl halides is 1. The number of nitrogens with zero attached hydrogens (tertiary/aromatic N) is 2. The summed E-state index contributed by atoms with van der Waals surface area (Å²) in [6.45, 7) is 10.5. The smallest absolute Gasteiger partial charge is 0.0928 e. The molecule has 0 amide bonds. The SMILES string of the molecule is CCC(CC)CN(CC)CCCCc1nc(CCl)cs1. The van der Waals surface area contributed by atoms with Gasteiger partial charge in [-0.15, -0.1) is 22.9 Å². The summed E-state index contributed by atoms with van der Waals surface area (Å²) in [6.07, 6.45) is 6.20. The maximum Gasteiger partial charge on any atom is 0.0928 e. The molecular formula is C16H29ClN2S. The van der Waals surface area contributed by atoms with Crippen LogP contribution in [0.25, 0.3) is 0 Å². The summed E-state index contributed by atoms with van der Waals surface area (Å²) in [6, 6.07) is 0. The number of hydrogen-bond acceptors (Lipinski definition) is 3. The first-order chi connectivity index (χ1) is 9.73. The van der Waals surface area contributed by atoms with Gasteiger partial charge in [0, 0.05) is 11.9 Å². The predicted octanol–water partition coefficient (Wildman–Crippen LogP) is 4.96. The Kier molecular flexibility index (Phi) is 9.49. The van der Waals surface area contributed by atoms with Crippen LogP contribution in [0.1, 0.15) is 57.2 Å². The molecule has 0 N–H and O–H groups in total. The molecule has 0 saturated carbocycles. The van der Waals surface area contributed by atoms with Gasteiger partial charge in [-0.2, -0.15) is 0 Å². The topological polar surface area (TPSA) is 16.1 Å². The van der Waals surface area contributed by atoms with Crippen LogP contribution in [-0.4, -0.2) is 29.5 Å². The molecule has 1 rings (SSSR count). The van der Waals surface area contributed by atoms with Crippen LogP contribution in [0, 0.1) is 5.92 Å². The van der Waals surface area contributed by atoms with Crippen molar-refractivity contribution in [3.8, 4) is 0 Å². The predicted molar refractivity (Wildman–Crippen MR) is 90.8 cm³/mol. The third kappa shape index (κ3) is 6.55. The minimum Gasteiger partial charge on any atom is -0.303 e. The lowest BCUT2D eigenvalue weighted by Crippen LogP contribution is -2.30. The van der Waals surface area contributed by atoms with Crippen molar-refractivity contribution in [2.45, 2.75) is 58.8 Å². The van der Waals surface area contributed by atoms with E-state index in [0.717, 1.165) is 18.0 Å². The van der Waals surface area contributed by atoms with Crippen molar-refractivity contribution < 1.29 is 0 Å². The van der Waals surface area contributed by atoms with Gasteiger partial charge >= 0.3 is 0 Å². The Morgan fingerprint density at radius 3 is 2.55 bits per heavy atom. The molecule has 0 bridgehead atoms. The molecule has 0 fully saturated rings. The first kappa shape index (κ1) is 17.9. The Bertz CT molecular complexity index is 350. The summed E-state index contributed by atoms with van der Waals surface area (Å²) < 4.78 is 0. The lowest BCUT2D eigenvalue weighted by molar-refractivity contribution is 0.230. The number of unbranched alkanes of at least 4 members (excludes halogenated alkanes) is 1. The summed E-state index contributed by atoms with van der Waals surface area (Å²) >= 11 is 7.52. The molecule has 20 heavy (non-hydrogen) atoms. The van der Waals surface area contributed by atoms with Gasteiger partial charge in [-0.1, -0.05) is 33.6 Å². The highest BCUT2D eigenvalue weighted by atomic mass is 35.5. The molecule has 0 radical (unpaired) electrons. The number of rotatable bonds is 11. The van der Waals surface area contributed by atoms with Crippen LogP contribution >= 0.6 is 22.9 Å². The fourth-order valence-corrected chi connectivity index (χ4v) is 3.50. The quantitative estimate of drug-likeness (QED) is 0.423. The van der Waals surface area contributed by atoms with Crippen molar-refractivity contribution in [1.29, 1.82) is 0 Å². The average Bonchev–Trinajstić information content (AvgIpc) is 2.94. The molecule has 116 valence electrons. The van der Waals surface area contributed by atoms with Crippen LogP contribution in [0.15, 0.2) is 5.38 Å². The van der Waals surface area contributed by atoms with Gasteiger partial charge in [0.1, 0.15) is 0 Å². The zero-order valence-electron chi connectivity index (χ0n) is 13.2. The van der Waals surface area contributed by atoms with Crippen molar-refractivity contribution in [2.24, 2.45) is 5.92 Å². The molecule has 0 saturated heterocycles. The first-order valence-corrected chi connectivity index (χ1v) is 9.36. The lowest BCUT2D eigenvalue weighted by Gasteiger charge is -2.25. The normalized spacial score (nSPS) is 11.7. The second-order valence-corrected chi connectivity index (χ2v) is 6.61. The number of halogens is 1. The van der Waals surface area contributed by atoms with Crippen molar-refractivity contribution in [3.63, 3.8) is 0 Å².